The van der Waals surface area contributed by atoms with Crippen molar-refractivity contribution in [2.75, 3.05) is 26.2 Å². The van der Waals surface area contributed by atoms with E-state index in [1.54, 1.807) is 0 Å². The smallest absolute Gasteiger partial charge is 0.239 e. The topological polar surface area (TPSA) is 41.6 Å². The van der Waals surface area contributed by atoms with Gasteiger partial charge < -0.3 is 15.0 Å². The first kappa shape index (κ1) is 13.7. The van der Waals surface area contributed by atoms with Crippen molar-refractivity contribution in [3.05, 3.63) is 0 Å². The van der Waals surface area contributed by atoms with Gasteiger partial charge in [0.25, 0.3) is 0 Å². The second-order valence-electron chi connectivity index (χ2n) is 5.02. The number of ether oxygens (including phenoxy) is 1. The molecule has 5 heteroatoms. The standard InChI is InChI=1S/C11H20N2O2.ClH/c1-11(2)8-13(6-7-15-11)10(14)9-4-3-5-12-9;/h9,12H,3-8H2,1-2H3;1H. The van der Waals surface area contributed by atoms with Gasteiger partial charge >= 0.3 is 0 Å². The fourth-order valence-corrected chi connectivity index (χ4v) is 2.32. The molecule has 0 saturated carbocycles. The Morgan fingerprint density at radius 2 is 2.25 bits per heavy atom. The van der Waals surface area contributed by atoms with Crippen LogP contribution in [-0.2, 0) is 9.53 Å². The normalized spacial score (nSPS) is 28.6. The van der Waals surface area contributed by atoms with Gasteiger partial charge in [-0.1, -0.05) is 0 Å². The summed E-state index contributed by atoms with van der Waals surface area (Å²) in [6.45, 7) is 7.16. The third-order valence-electron chi connectivity index (χ3n) is 3.10. The van der Waals surface area contributed by atoms with Crippen LogP contribution in [0.25, 0.3) is 0 Å². The molecule has 16 heavy (non-hydrogen) atoms. The molecule has 0 radical (unpaired) electrons. The number of amides is 1. The van der Waals surface area contributed by atoms with Gasteiger partial charge in [-0.15, -0.1) is 12.4 Å². The Kier molecular flexibility index (Phi) is 4.59. The van der Waals surface area contributed by atoms with Gasteiger partial charge in [0.15, 0.2) is 0 Å². The van der Waals surface area contributed by atoms with E-state index in [1.165, 1.54) is 0 Å². The number of nitrogens with zero attached hydrogens (tertiary/aromatic N) is 1. The molecule has 1 N–H and O–H groups in total. The Morgan fingerprint density at radius 3 is 2.81 bits per heavy atom. The maximum Gasteiger partial charge on any atom is 0.239 e. The Labute approximate surface area is 103 Å². The molecule has 1 atom stereocenters. The molecule has 4 nitrogen and oxygen atoms in total. The van der Waals surface area contributed by atoms with Crippen LogP contribution in [-0.4, -0.2) is 48.7 Å². The summed E-state index contributed by atoms with van der Waals surface area (Å²) in [5.74, 6) is 0.254. The number of hydrogen-bond acceptors (Lipinski definition) is 3. The van der Waals surface area contributed by atoms with Crippen molar-refractivity contribution < 1.29 is 9.53 Å². The predicted octanol–water partition coefficient (Wildman–Crippen LogP) is 0.798. The molecule has 2 fully saturated rings. The molecule has 2 rings (SSSR count). The van der Waals surface area contributed by atoms with Crippen LogP contribution in [0.15, 0.2) is 0 Å². The molecule has 2 saturated heterocycles. The average molecular weight is 249 g/mol. The third kappa shape index (κ3) is 3.09. The van der Waals surface area contributed by atoms with Gasteiger partial charge in [-0.05, 0) is 33.2 Å². The SMILES string of the molecule is CC1(C)CN(C(=O)C2CCCN2)CCO1.Cl. The highest BCUT2D eigenvalue weighted by Gasteiger charge is 2.33. The summed E-state index contributed by atoms with van der Waals surface area (Å²) in [5, 5.41) is 3.25. The average Bonchev–Trinajstić information content (AvgIpc) is 2.67. The molecule has 0 spiro atoms. The minimum atomic E-state index is -0.188. The Morgan fingerprint density at radius 1 is 1.50 bits per heavy atom. The number of hydrogen-bond donors (Lipinski definition) is 1. The first-order chi connectivity index (χ1) is 7.08. The molecule has 1 unspecified atom stereocenters. The molecular weight excluding hydrogens is 228 g/mol. The van der Waals surface area contributed by atoms with E-state index in [0.717, 1.165) is 25.9 Å². The van der Waals surface area contributed by atoms with Gasteiger partial charge in [-0.2, -0.15) is 0 Å². The zero-order chi connectivity index (χ0) is 10.9. The first-order valence-corrected chi connectivity index (χ1v) is 5.75. The van der Waals surface area contributed by atoms with Crippen molar-refractivity contribution in [1.82, 2.24) is 10.2 Å². The predicted molar refractivity (Wildman–Crippen MR) is 64.9 cm³/mol. The van der Waals surface area contributed by atoms with E-state index < -0.39 is 0 Å². The number of nitrogens with one attached hydrogen (secondary N) is 1. The molecular formula is C11H21ClN2O2. The second kappa shape index (κ2) is 5.34. The Hall–Kier alpha value is -0.320. The van der Waals surface area contributed by atoms with Crippen LogP contribution in [0.4, 0.5) is 0 Å². The molecule has 0 aromatic heterocycles. The zero-order valence-electron chi connectivity index (χ0n) is 9.99. The molecule has 94 valence electrons. The van der Waals surface area contributed by atoms with Crippen molar-refractivity contribution in [2.45, 2.75) is 38.3 Å². The maximum atomic E-state index is 12.1. The molecule has 2 aliphatic heterocycles. The van der Waals surface area contributed by atoms with Crippen molar-refractivity contribution in [2.24, 2.45) is 0 Å². The highest BCUT2D eigenvalue weighted by molar-refractivity contribution is 5.85. The maximum absolute atomic E-state index is 12.1. The quantitative estimate of drug-likeness (QED) is 0.746. The molecule has 0 aromatic rings. The summed E-state index contributed by atoms with van der Waals surface area (Å²) in [7, 11) is 0. The van der Waals surface area contributed by atoms with Gasteiger partial charge in [0, 0.05) is 13.1 Å². The highest BCUT2D eigenvalue weighted by Crippen LogP contribution is 2.18. The van der Waals surface area contributed by atoms with Crippen molar-refractivity contribution >= 4 is 18.3 Å². The van der Waals surface area contributed by atoms with Crippen LogP contribution in [0.3, 0.4) is 0 Å². The van der Waals surface area contributed by atoms with Crippen LogP contribution in [0.5, 0.6) is 0 Å². The summed E-state index contributed by atoms with van der Waals surface area (Å²) in [6.07, 6.45) is 2.10. The van der Waals surface area contributed by atoms with Crippen molar-refractivity contribution in [1.29, 1.82) is 0 Å². The molecule has 2 heterocycles. The molecule has 1 amide bonds. The van der Waals surface area contributed by atoms with Gasteiger partial charge in [-0.3, -0.25) is 4.79 Å². The summed E-state index contributed by atoms with van der Waals surface area (Å²) in [6, 6.07) is 0.0545. The lowest BCUT2D eigenvalue weighted by Crippen LogP contribution is -2.54. The number of carbonyl (C=O) groups excluding carboxylic acids is 1. The van der Waals surface area contributed by atoms with Gasteiger partial charge in [-0.25, -0.2) is 0 Å². The zero-order valence-corrected chi connectivity index (χ0v) is 10.8. The largest absolute Gasteiger partial charge is 0.372 e. The Bertz CT molecular complexity index is 252. The van der Waals surface area contributed by atoms with Crippen LogP contribution in [0.1, 0.15) is 26.7 Å². The summed E-state index contributed by atoms with van der Waals surface area (Å²) >= 11 is 0. The van der Waals surface area contributed by atoms with E-state index in [9.17, 15) is 4.79 Å². The number of morpholine rings is 1. The van der Waals surface area contributed by atoms with E-state index in [0.29, 0.717) is 13.2 Å². The van der Waals surface area contributed by atoms with Crippen LogP contribution < -0.4 is 5.32 Å². The minimum absolute atomic E-state index is 0. The van der Waals surface area contributed by atoms with E-state index in [1.807, 2.05) is 18.7 Å². The molecule has 0 bridgehead atoms. The number of halogens is 1. The van der Waals surface area contributed by atoms with Gasteiger partial charge in [0.1, 0.15) is 0 Å². The lowest BCUT2D eigenvalue weighted by molar-refractivity contribution is -0.147. The Balaban J connectivity index is 0.00000128. The van der Waals surface area contributed by atoms with Gasteiger partial charge in [0.05, 0.1) is 18.2 Å². The van der Waals surface area contributed by atoms with E-state index in [2.05, 4.69) is 5.32 Å². The van der Waals surface area contributed by atoms with Crippen molar-refractivity contribution in [3.8, 4) is 0 Å². The van der Waals surface area contributed by atoms with E-state index in [-0.39, 0.29) is 30.0 Å². The number of carbonyl (C=O) groups is 1. The number of rotatable bonds is 1. The third-order valence-corrected chi connectivity index (χ3v) is 3.10. The van der Waals surface area contributed by atoms with Crippen LogP contribution in [0, 0.1) is 0 Å². The van der Waals surface area contributed by atoms with E-state index in [4.69, 9.17) is 4.74 Å². The van der Waals surface area contributed by atoms with Crippen LogP contribution in [0.2, 0.25) is 0 Å². The second-order valence-corrected chi connectivity index (χ2v) is 5.02. The molecule has 2 aliphatic rings. The monoisotopic (exact) mass is 248 g/mol. The lowest BCUT2D eigenvalue weighted by atomic mass is 10.1. The summed E-state index contributed by atoms with van der Waals surface area (Å²) < 4.78 is 5.59. The van der Waals surface area contributed by atoms with Gasteiger partial charge in [0.2, 0.25) is 5.91 Å². The van der Waals surface area contributed by atoms with Crippen molar-refractivity contribution in [3.63, 3.8) is 0 Å². The fraction of sp³-hybridized carbons (Fsp3) is 0.909. The minimum Gasteiger partial charge on any atom is -0.372 e. The fourth-order valence-electron chi connectivity index (χ4n) is 2.32. The summed E-state index contributed by atoms with van der Waals surface area (Å²) in [4.78, 5) is 14.0. The lowest BCUT2D eigenvalue weighted by Gasteiger charge is -2.39. The highest BCUT2D eigenvalue weighted by atomic mass is 35.5. The summed E-state index contributed by atoms with van der Waals surface area (Å²) in [5.41, 5.74) is -0.188. The first-order valence-electron chi connectivity index (χ1n) is 5.75. The molecule has 0 aromatic carbocycles. The van der Waals surface area contributed by atoms with E-state index >= 15 is 0 Å². The molecule has 0 aliphatic carbocycles. The van der Waals surface area contributed by atoms with Crippen LogP contribution >= 0.6 is 12.4 Å².